The van der Waals surface area contributed by atoms with Crippen molar-refractivity contribution in [2.75, 3.05) is 17.9 Å². The summed E-state index contributed by atoms with van der Waals surface area (Å²) < 4.78 is 46.9. The molecular weight excluding hydrogens is 358 g/mol. The quantitative estimate of drug-likeness (QED) is 0.632. The predicted octanol–water partition coefficient (Wildman–Crippen LogP) is 1.70. The van der Waals surface area contributed by atoms with Crippen molar-refractivity contribution < 1.29 is 16.8 Å². The van der Waals surface area contributed by atoms with Crippen LogP contribution in [-0.4, -0.2) is 40.5 Å². The number of hydrogen-bond acceptors (Lipinski definition) is 8. The molecule has 1 heterocycles. The summed E-state index contributed by atoms with van der Waals surface area (Å²) in [6, 6.07) is 3.89. The molecule has 1 aromatic carbocycles. The van der Waals surface area contributed by atoms with Crippen LogP contribution in [0.2, 0.25) is 0 Å². The maximum absolute atomic E-state index is 11.9. The molecule has 2 rings (SSSR count). The van der Waals surface area contributed by atoms with Gasteiger partial charge < -0.3 is 0 Å². The molecule has 2 aromatic rings. The monoisotopic (exact) mass is 373 g/mol. The first-order valence-corrected chi connectivity index (χ1v) is 11.0. The molecule has 124 valence electrons. The summed E-state index contributed by atoms with van der Waals surface area (Å²) in [4.78, 5) is 4.00. The first-order chi connectivity index (χ1) is 10.6. The summed E-state index contributed by atoms with van der Waals surface area (Å²) in [5.74, 6) is 0. The van der Waals surface area contributed by atoms with E-state index in [1.807, 2.05) is 12.3 Å². The molecule has 0 saturated carbocycles. The standard InChI is InChI=1S/C13H15N3O4S3/c1-9-8-21-13(15-9)16-14-7-10-4-5-11(22(2,17)18)6-12(10)23(3,19)20/h4-8H,1-3H3,(H,15,16). The topological polar surface area (TPSA) is 106 Å². The summed E-state index contributed by atoms with van der Waals surface area (Å²) in [5, 5.41) is 6.37. The lowest BCUT2D eigenvalue weighted by molar-refractivity contribution is 0.600. The predicted molar refractivity (Wildman–Crippen MR) is 90.7 cm³/mol. The molecule has 0 fully saturated rings. The van der Waals surface area contributed by atoms with Gasteiger partial charge >= 0.3 is 0 Å². The van der Waals surface area contributed by atoms with Gasteiger partial charge in [0.2, 0.25) is 5.13 Å². The van der Waals surface area contributed by atoms with Crippen LogP contribution in [0.5, 0.6) is 0 Å². The summed E-state index contributed by atoms with van der Waals surface area (Å²) in [5.41, 5.74) is 3.84. The molecule has 23 heavy (non-hydrogen) atoms. The van der Waals surface area contributed by atoms with Crippen molar-refractivity contribution in [3.8, 4) is 0 Å². The number of rotatable bonds is 5. The van der Waals surface area contributed by atoms with Gasteiger partial charge in [0.05, 0.1) is 21.7 Å². The van der Waals surface area contributed by atoms with Crippen LogP contribution in [0.15, 0.2) is 38.5 Å². The van der Waals surface area contributed by atoms with Crippen LogP contribution < -0.4 is 5.43 Å². The highest BCUT2D eigenvalue weighted by Gasteiger charge is 2.17. The van der Waals surface area contributed by atoms with Crippen LogP contribution in [0, 0.1) is 6.92 Å². The summed E-state index contributed by atoms with van der Waals surface area (Å²) in [6.07, 6.45) is 3.36. The van der Waals surface area contributed by atoms with E-state index < -0.39 is 19.7 Å². The number of thiazole rings is 1. The number of benzene rings is 1. The number of hydrogen-bond donors (Lipinski definition) is 1. The zero-order valence-electron chi connectivity index (χ0n) is 12.6. The Kier molecular flexibility index (Phi) is 4.87. The minimum Gasteiger partial charge on any atom is -0.253 e. The first-order valence-electron chi connectivity index (χ1n) is 6.33. The molecule has 1 aromatic heterocycles. The molecule has 0 radical (unpaired) electrons. The molecule has 10 heteroatoms. The third kappa shape index (κ3) is 4.60. The van der Waals surface area contributed by atoms with E-state index >= 15 is 0 Å². The van der Waals surface area contributed by atoms with E-state index in [1.54, 1.807) is 0 Å². The molecule has 0 bridgehead atoms. The smallest absolute Gasteiger partial charge is 0.203 e. The second-order valence-corrected chi connectivity index (χ2v) is 9.77. The van der Waals surface area contributed by atoms with Gasteiger partial charge in [0.1, 0.15) is 0 Å². The summed E-state index contributed by atoms with van der Waals surface area (Å²) >= 11 is 1.37. The fraction of sp³-hybridized carbons (Fsp3) is 0.231. The second-order valence-electron chi connectivity index (χ2n) is 4.91. The number of aryl methyl sites for hydroxylation is 1. The average molecular weight is 373 g/mol. The van der Waals surface area contributed by atoms with Crippen LogP contribution >= 0.6 is 11.3 Å². The maximum atomic E-state index is 11.9. The highest BCUT2D eigenvalue weighted by molar-refractivity contribution is 7.91. The van der Waals surface area contributed by atoms with E-state index in [9.17, 15) is 16.8 Å². The zero-order valence-corrected chi connectivity index (χ0v) is 15.1. The van der Waals surface area contributed by atoms with Crippen LogP contribution in [-0.2, 0) is 19.7 Å². The molecule has 0 atom stereocenters. The molecule has 7 nitrogen and oxygen atoms in total. The Morgan fingerprint density at radius 2 is 1.87 bits per heavy atom. The summed E-state index contributed by atoms with van der Waals surface area (Å²) in [7, 11) is -7.10. The van der Waals surface area contributed by atoms with Gasteiger partial charge in [-0.2, -0.15) is 5.10 Å². The Morgan fingerprint density at radius 1 is 1.17 bits per heavy atom. The van der Waals surface area contributed by atoms with Crippen molar-refractivity contribution in [2.24, 2.45) is 5.10 Å². The van der Waals surface area contributed by atoms with E-state index in [0.717, 1.165) is 24.3 Å². The van der Waals surface area contributed by atoms with Crippen LogP contribution in [0.25, 0.3) is 0 Å². The van der Waals surface area contributed by atoms with Crippen molar-refractivity contribution in [2.45, 2.75) is 16.7 Å². The largest absolute Gasteiger partial charge is 0.253 e. The number of hydrazone groups is 1. The molecule has 0 amide bonds. The van der Waals surface area contributed by atoms with Crippen LogP contribution in [0.3, 0.4) is 0 Å². The molecule has 0 spiro atoms. The molecule has 0 saturated heterocycles. The van der Waals surface area contributed by atoms with Gasteiger partial charge in [-0.1, -0.05) is 6.07 Å². The molecule has 0 aliphatic carbocycles. The van der Waals surface area contributed by atoms with Gasteiger partial charge in [0.15, 0.2) is 19.7 Å². The third-order valence-corrected chi connectivity index (χ3v) is 5.92. The number of anilines is 1. The SMILES string of the molecule is Cc1csc(NN=Cc2ccc(S(C)(=O)=O)cc2S(C)(=O)=O)n1. The zero-order chi connectivity index (χ0) is 17.3. The van der Waals surface area contributed by atoms with Crippen LogP contribution in [0.4, 0.5) is 5.13 Å². The number of aromatic nitrogens is 1. The van der Waals surface area contributed by atoms with Gasteiger partial charge in [-0.05, 0) is 19.1 Å². The Hall–Kier alpha value is -1.78. The lowest BCUT2D eigenvalue weighted by Crippen LogP contribution is -2.06. The highest BCUT2D eigenvalue weighted by Crippen LogP contribution is 2.20. The van der Waals surface area contributed by atoms with Crippen molar-refractivity contribution in [1.82, 2.24) is 4.98 Å². The maximum Gasteiger partial charge on any atom is 0.203 e. The van der Waals surface area contributed by atoms with Crippen LogP contribution in [0.1, 0.15) is 11.3 Å². The second kappa shape index (κ2) is 6.38. The first kappa shape index (κ1) is 17.6. The normalized spacial score (nSPS) is 12.7. The minimum atomic E-state index is -3.60. The van der Waals surface area contributed by atoms with E-state index in [0.29, 0.717) is 10.7 Å². The average Bonchev–Trinajstić information content (AvgIpc) is 2.82. The van der Waals surface area contributed by atoms with Gasteiger partial charge in [-0.25, -0.2) is 21.8 Å². The summed E-state index contributed by atoms with van der Waals surface area (Å²) in [6.45, 7) is 1.84. The lowest BCUT2D eigenvalue weighted by atomic mass is 10.2. The van der Waals surface area contributed by atoms with E-state index in [4.69, 9.17) is 0 Å². The van der Waals surface area contributed by atoms with E-state index in [2.05, 4.69) is 15.5 Å². The minimum absolute atomic E-state index is 0.0569. The lowest BCUT2D eigenvalue weighted by Gasteiger charge is -2.06. The Morgan fingerprint density at radius 3 is 2.39 bits per heavy atom. The molecule has 0 aliphatic rings. The van der Waals surface area contributed by atoms with Gasteiger partial charge in [-0.3, -0.25) is 5.43 Å². The highest BCUT2D eigenvalue weighted by atomic mass is 32.2. The Balaban J connectivity index is 2.38. The third-order valence-electron chi connectivity index (χ3n) is 2.80. The van der Waals surface area contributed by atoms with Gasteiger partial charge in [0, 0.05) is 23.5 Å². The molecule has 0 aliphatic heterocycles. The molecule has 1 N–H and O–H groups in total. The Labute approximate surface area is 138 Å². The number of nitrogens with zero attached hydrogens (tertiary/aromatic N) is 2. The fourth-order valence-corrected chi connectivity index (χ4v) is 3.98. The number of sulfone groups is 2. The van der Waals surface area contributed by atoms with E-state index in [1.165, 1.54) is 29.7 Å². The van der Waals surface area contributed by atoms with Gasteiger partial charge in [-0.15, -0.1) is 11.3 Å². The van der Waals surface area contributed by atoms with E-state index in [-0.39, 0.29) is 9.79 Å². The Bertz CT molecular complexity index is 960. The molecule has 0 unspecified atom stereocenters. The fourth-order valence-electron chi connectivity index (χ4n) is 1.74. The van der Waals surface area contributed by atoms with Crippen molar-refractivity contribution in [1.29, 1.82) is 0 Å². The van der Waals surface area contributed by atoms with Gasteiger partial charge in [0.25, 0.3) is 0 Å². The molecular formula is C13H15N3O4S3. The van der Waals surface area contributed by atoms with Crippen molar-refractivity contribution >= 4 is 42.4 Å². The van der Waals surface area contributed by atoms with Crippen molar-refractivity contribution in [3.05, 3.63) is 34.8 Å². The van der Waals surface area contributed by atoms with Crippen molar-refractivity contribution in [3.63, 3.8) is 0 Å². The number of nitrogens with one attached hydrogen (secondary N) is 1.